The van der Waals surface area contributed by atoms with Crippen LogP contribution in [0.2, 0.25) is 0 Å². The first-order chi connectivity index (χ1) is 9.72. The Balaban J connectivity index is 1.37. The van der Waals surface area contributed by atoms with Gasteiger partial charge in [-0.15, -0.1) is 0 Å². The Labute approximate surface area is 125 Å². The molecule has 2 N–H and O–H groups in total. The fourth-order valence-corrected chi connectivity index (χ4v) is 6.65. The average molecular weight is 275 g/mol. The first-order valence-electron chi connectivity index (χ1n) is 9.51. The maximum atomic E-state index is 6.76. The Bertz CT molecular complexity index is 312. The topological polar surface area (TPSA) is 26.0 Å². The summed E-state index contributed by atoms with van der Waals surface area (Å²) in [5, 5.41) is 0. The van der Waals surface area contributed by atoms with Gasteiger partial charge in [0.15, 0.2) is 0 Å². The second-order valence-corrected chi connectivity index (χ2v) is 8.91. The van der Waals surface area contributed by atoms with Gasteiger partial charge in [-0.1, -0.05) is 25.7 Å². The third-order valence-corrected chi connectivity index (χ3v) is 7.50. The van der Waals surface area contributed by atoms with E-state index in [0.29, 0.717) is 0 Å². The highest BCUT2D eigenvalue weighted by Crippen LogP contribution is 2.57. The standard InChI is InChI=1S/C19H33N/c20-19(6-3-1-2-4-7-19)8-5-18-16-10-14-9-15(12-16)13-17(18)11-14/h14-18H,1-13,20H2. The number of hydrogen-bond acceptors (Lipinski definition) is 1. The van der Waals surface area contributed by atoms with Gasteiger partial charge in [-0.2, -0.15) is 0 Å². The van der Waals surface area contributed by atoms with Gasteiger partial charge in [-0.05, 0) is 87.4 Å². The zero-order chi connectivity index (χ0) is 13.6. The summed E-state index contributed by atoms with van der Waals surface area (Å²) < 4.78 is 0. The van der Waals surface area contributed by atoms with Crippen molar-refractivity contribution in [2.45, 2.75) is 89.0 Å². The molecule has 5 aliphatic carbocycles. The molecule has 0 aliphatic heterocycles. The zero-order valence-electron chi connectivity index (χ0n) is 13.2. The van der Waals surface area contributed by atoms with Crippen LogP contribution < -0.4 is 5.73 Å². The summed E-state index contributed by atoms with van der Waals surface area (Å²) in [6.07, 6.45) is 18.9. The fraction of sp³-hybridized carbons (Fsp3) is 1.00. The Hall–Kier alpha value is -0.0400. The highest BCUT2D eigenvalue weighted by molar-refractivity contribution is 4.99. The molecule has 0 aromatic heterocycles. The van der Waals surface area contributed by atoms with Crippen molar-refractivity contribution in [3.05, 3.63) is 0 Å². The summed E-state index contributed by atoms with van der Waals surface area (Å²) in [7, 11) is 0. The van der Waals surface area contributed by atoms with Crippen LogP contribution in [-0.2, 0) is 0 Å². The maximum Gasteiger partial charge on any atom is 0.0154 e. The van der Waals surface area contributed by atoms with Gasteiger partial charge < -0.3 is 5.73 Å². The van der Waals surface area contributed by atoms with E-state index >= 15 is 0 Å². The van der Waals surface area contributed by atoms with E-state index in [9.17, 15) is 0 Å². The molecular formula is C19H33N. The lowest BCUT2D eigenvalue weighted by atomic mass is 9.51. The van der Waals surface area contributed by atoms with Crippen LogP contribution in [0, 0.1) is 29.6 Å². The molecule has 4 bridgehead atoms. The van der Waals surface area contributed by atoms with E-state index in [2.05, 4.69) is 0 Å². The van der Waals surface area contributed by atoms with Gasteiger partial charge >= 0.3 is 0 Å². The van der Waals surface area contributed by atoms with Crippen LogP contribution >= 0.6 is 0 Å². The summed E-state index contributed by atoms with van der Waals surface area (Å²) in [6.45, 7) is 0. The molecule has 0 radical (unpaired) electrons. The Morgan fingerprint density at radius 2 is 1.30 bits per heavy atom. The molecule has 5 fully saturated rings. The summed E-state index contributed by atoms with van der Waals surface area (Å²) in [6, 6.07) is 0. The molecule has 5 saturated carbocycles. The van der Waals surface area contributed by atoms with Crippen LogP contribution in [0.1, 0.15) is 83.5 Å². The predicted molar refractivity (Wildman–Crippen MR) is 84.4 cm³/mol. The van der Waals surface area contributed by atoms with Gasteiger partial charge in [0.2, 0.25) is 0 Å². The van der Waals surface area contributed by atoms with Gasteiger partial charge in [0, 0.05) is 5.54 Å². The first kappa shape index (κ1) is 13.6. The lowest BCUT2D eigenvalue weighted by Gasteiger charge is -2.55. The third kappa shape index (κ3) is 2.56. The highest BCUT2D eigenvalue weighted by Gasteiger charge is 2.48. The van der Waals surface area contributed by atoms with Gasteiger partial charge in [0.25, 0.3) is 0 Å². The largest absolute Gasteiger partial charge is 0.325 e. The van der Waals surface area contributed by atoms with Crippen molar-refractivity contribution in [2.24, 2.45) is 35.3 Å². The minimum Gasteiger partial charge on any atom is -0.325 e. The van der Waals surface area contributed by atoms with Crippen molar-refractivity contribution >= 4 is 0 Å². The molecule has 0 saturated heterocycles. The summed E-state index contributed by atoms with van der Waals surface area (Å²) in [4.78, 5) is 0. The number of nitrogens with two attached hydrogens (primary N) is 1. The minimum atomic E-state index is 0.213. The van der Waals surface area contributed by atoms with E-state index < -0.39 is 0 Å². The zero-order valence-corrected chi connectivity index (χ0v) is 13.2. The van der Waals surface area contributed by atoms with Gasteiger partial charge in [-0.3, -0.25) is 0 Å². The van der Waals surface area contributed by atoms with E-state index in [1.165, 1.54) is 51.4 Å². The van der Waals surface area contributed by atoms with E-state index in [1.54, 1.807) is 32.1 Å². The molecule has 5 aliphatic rings. The van der Waals surface area contributed by atoms with E-state index in [-0.39, 0.29) is 5.54 Å². The predicted octanol–water partition coefficient (Wildman–Crippen LogP) is 4.89. The quantitative estimate of drug-likeness (QED) is 0.729. The van der Waals surface area contributed by atoms with E-state index in [1.807, 2.05) is 0 Å². The van der Waals surface area contributed by atoms with Gasteiger partial charge in [0.1, 0.15) is 0 Å². The van der Waals surface area contributed by atoms with E-state index in [0.717, 1.165) is 29.6 Å². The monoisotopic (exact) mass is 275 g/mol. The second kappa shape index (κ2) is 5.30. The molecule has 0 amide bonds. The summed E-state index contributed by atoms with van der Waals surface area (Å²) in [5.74, 6) is 5.50. The van der Waals surface area contributed by atoms with Crippen molar-refractivity contribution in [3.8, 4) is 0 Å². The molecule has 114 valence electrons. The van der Waals surface area contributed by atoms with Crippen LogP contribution in [0.5, 0.6) is 0 Å². The lowest BCUT2D eigenvalue weighted by molar-refractivity contribution is -0.0424. The SMILES string of the molecule is NC1(CCC2C3CC4CC(C3)CC2C4)CCCCCC1. The number of rotatable bonds is 3. The van der Waals surface area contributed by atoms with E-state index in [4.69, 9.17) is 5.73 Å². The van der Waals surface area contributed by atoms with Crippen LogP contribution in [-0.4, -0.2) is 5.54 Å². The highest BCUT2D eigenvalue weighted by atomic mass is 14.7. The fourth-order valence-electron chi connectivity index (χ4n) is 6.65. The number of hydrogen-bond donors (Lipinski definition) is 1. The summed E-state index contributed by atoms with van der Waals surface area (Å²) in [5.41, 5.74) is 6.98. The molecule has 5 rings (SSSR count). The Morgan fingerprint density at radius 1 is 0.750 bits per heavy atom. The summed E-state index contributed by atoms with van der Waals surface area (Å²) >= 11 is 0. The Kier molecular flexibility index (Phi) is 3.61. The van der Waals surface area contributed by atoms with Crippen LogP contribution in [0.4, 0.5) is 0 Å². The van der Waals surface area contributed by atoms with Crippen LogP contribution in [0.3, 0.4) is 0 Å². The molecule has 0 atom stereocenters. The molecule has 0 heterocycles. The maximum absolute atomic E-state index is 6.76. The molecule has 1 nitrogen and oxygen atoms in total. The molecule has 0 aromatic carbocycles. The minimum absolute atomic E-state index is 0.213. The van der Waals surface area contributed by atoms with Gasteiger partial charge in [0.05, 0.1) is 0 Å². The lowest BCUT2D eigenvalue weighted by Crippen LogP contribution is -2.46. The first-order valence-corrected chi connectivity index (χ1v) is 9.51. The molecule has 20 heavy (non-hydrogen) atoms. The smallest absolute Gasteiger partial charge is 0.0154 e. The average Bonchev–Trinajstić information content (AvgIpc) is 2.62. The normalized spacial score (nSPS) is 46.4. The Morgan fingerprint density at radius 3 is 1.85 bits per heavy atom. The molecule has 0 spiro atoms. The second-order valence-electron chi connectivity index (χ2n) is 8.91. The molecule has 1 heteroatoms. The van der Waals surface area contributed by atoms with Crippen molar-refractivity contribution < 1.29 is 0 Å². The molecule has 0 aromatic rings. The van der Waals surface area contributed by atoms with Crippen LogP contribution in [0.15, 0.2) is 0 Å². The van der Waals surface area contributed by atoms with Crippen molar-refractivity contribution in [1.82, 2.24) is 0 Å². The van der Waals surface area contributed by atoms with Crippen molar-refractivity contribution in [3.63, 3.8) is 0 Å². The molecular weight excluding hydrogens is 242 g/mol. The van der Waals surface area contributed by atoms with Crippen molar-refractivity contribution in [2.75, 3.05) is 0 Å². The van der Waals surface area contributed by atoms with Gasteiger partial charge in [-0.25, -0.2) is 0 Å². The van der Waals surface area contributed by atoms with Crippen LogP contribution in [0.25, 0.3) is 0 Å². The third-order valence-electron chi connectivity index (χ3n) is 7.50. The molecule has 0 unspecified atom stereocenters. The van der Waals surface area contributed by atoms with Crippen molar-refractivity contribution in [1.29, 1.82) is 0 Å².